The van der Waals surface area contributed by atoms with E-state index in [1.807, 2.05) is 17.6 Å². The first kappa shape index (κ1) is 8.44. The molecule has 0 aliphatic rings. The fourth-order valence-electron chi connectivity index (χ4n) is 1.31. The number of imidazole rings is 1. The lowest BCUT2D eigenvalue weighted by Gasteiger charge is -1.99. The lowest BCUT2D eigenvalue weighted by atomic mass is 10.4. The molecule has 2 N–H and O–H groups in total. The van der Waals surface area contributed by atoms with Crippen LogP contribution in [0, 0.1) is 11.3 Å². The van der Waals surface area contributed by atoms with Crippen molar-refractivity contribution in [2.45, 2.75) is 13.5 Å². The van der Waals surface area contributed by atoms with E-state index < -0.39 is 0 Å². The van der Waals surface area contributed by atoms with Gasteiger partial charge in [-0.1, -0.05) is 0 Å². The van der Waals surface area contributed by atoms with E-state index in [4.69, 9.17) is 11.0 Å². The standard InChI is InChI=1S/C8H8N6/c1-2-14-4-11-7-6(14)5(3-9)12-8(10)13-7/h4H,2H2,1H3,(H2,10,12,13). The Morgan fingerprint density at radius 3 is 3.00 bits per heavy atom. The van der Waals surface area contributed by atoms with Crippen molar-refractivity contribution in [3.05, 3.63) is 12.0 Å². The van der Waals surface area contributed by atoms with E-state index in [1.54, 1.807) is 6.33 Å². The first-order valence-corrected chi connectivity index (χ1v) is 4.14. The Morgan fingerprint density at radius 1 is 1.57 bits per heavy atom. The van der Waals surface area contributed by atoms with Gasteiger partial charge >= 0.3 is 0 Å². The van der Waals surface area contributed by atoms with Crippen LogP contribution in [-0.4, -0.2) is 19.5 Å². The van der Waals surface area contributed by atoms with Crippen LogP contribution in [0.2, 0.25) is 0 Å². The second-order valence-electron chi connectivity index (χ2n) is 2.75. The number of aryl methyl sites for hydroxylation is 1. The normalized spacial score (nSPS) is 10.3. The predicted molar refractivity (Wildman–Crippen MR) is 50.1 cm³/mol. The Hall–Kier alpha value is -2.16. The summed E-state index contributed by atoms with van der Waals surface area (Å²) in [7, 11) is 0. The number of rotatable bonds is 1. The van der Waals surface area contributed by atoms with Gasteiger partial charge in [-0.2, -0.15) is 15.2 Å². The predicted octanol–water partition coefficient (Wildman–Crippen LogP) is 0.300. The summed E-state index contributed by atoms with van der Waals surface area (Å²) in [4.78, 5) is 11.8. The Morgan fingerprint density at radius 2 is 2.36 bits per heavy atom. The highest BCUT2D eigenvalue weighted by Crippen LogP contribution is 2.14. The Bertz CT molecular complexity index is 520. The smallest absolute Gasteiger partial charge is 0.223 e. The topological polar surface area (TPSA) is 93.4 Å². The van der Waals surface area contributed by atoms with E-state index in [2.05, 4.69) is 15.0 Å². The van der Waals surface area contributed by atoms with Gasteiger partial charge < -0.3 is 10.3 Å². The molecule has 2 aromatic heterocycles. The van der Waals surface area contributed by atoms with Crippen molar-refractivity contribution in [1.82, 2.24) is 19.5 Å². The van der Waals surface area contributed by atoms with Gasteiger partial charge in [-0.3, -0.25) is 0 Å². The minimum Gasteiger partial charge on any atom is -0.368 e. The van der Waals surface area contributed by atoms with Gasteiger partial charge in [0.15, 0.2) is 11.3 Å². The summed E-state index contributed by atoms with van der Waals surface area (Å²) in [5.41, 5.74) is 6.81. The highest BCUT2D eigenvalue weighted by molar-refractivity contribution is 5.77. The molecule has 0 fully saturated rings. The summed E-state index contributed by atoms with van der Waals surface area (Å²) < 4.78 is 1.81. The van der Waals surface area contributed by atoms with Crippen LogP contribution in [0.1, 0.15) is 12.6 Å². The van der Waals surface area contributed by atoms with E-state index in [0.29, 0.717) is 11.2 Å². The van der Waals surface area contributed by atoms with Crippen molar-refractivity contribution in [3.8, 4) is 6.07 Å². The molecule has 2 aromatic rings. The molecule has 14 heavy (non-hydrogen) atoms. The third-order valence-electron chi connectivity index (χ3n) is 1.94. The van der Waals surface area contributed by atoms with Crippen LogP contribution < -0.4 is 5.73 Å². The van der Waals surface area contributed by atoms with E-state index >= 15 is 0 Å². The van der Waals surface area contributed by atoms with Crippen LogP contribution >= 0.6 is 0 Å². The molecule has 6 nitrogen and oxygen atoms in total. The maximum atomic E-state index is 8.86. The SMILES string of the molecule is CCn1cnc2nc(N)nc(C#N)c21. The molecular formula is C8H8N6. The first-order valence-electron chi connectivity index (χ1n) is 4.14. The molecule has 0 bridgehead atoms. The summed E-state index contributed by atoms with van der Waals surface area (Å²) in [5, 5.41) is 8.86. The number of fused-ring (bicyclic) bond motifs is 1. The number of aromatic nitrogens is 4. The molecule has 0 aliphatic carbocycles. The van der Waals surface area contributed by atoms with Crippen LogP contribution in [0.4, 0.5) is 5.95 Å². The molecule has 0 amide bonds. The average Bonchev–Trinajstić information content (AvgIpc) is 2.59. The number of hydrogen-bond donors (Lipinski definition) is 1. The Labute approximate surface area is 80.0 Å². The van der Waals surface area contributed by atoms with Crippen molar-refractivity contribution >= 4 is 17.1 Å². The zero-order chi connectivity index (χ0) is 10.1. The molecule has 2 heterocycles. The fourth-order valence-corrected chi connectivity index (χ4v) is 1.31. The van der Waals surface area contributed by atoms with Crippen molar-refractivity contribution in [2.24, 2.45) is 0 Å². The van der Waals surface area contributed by atoms with Crippen LogP contribution in [0.25, 0.3) is 11.2 Å². The molecule has 0 aliphatic heterocycles. The molecule has 0 radical (unpaired) electrons. The third-order valence-corrected chi connectivity index (χ3v) is 1.94. The number of anilines is 1. The van der Waals surface area contributed by atoms with Gasteiger partial charge in [0.1, 0.15) is 11.6 Å². The minimum absolute atomic E-state index is 0.0791. The van der Waals surface area contributed by atoms with Gasteiger partial charge in [0.2, 0.25) is 5.95 Å². The number of nitrogen functional groups attached to an aromatic ring is 1. The van der Waals surface area contributed by atoms with Crippen molar-refractivity contribution in [1.29, 1.82) is 5.26 Å². The van der Waals surface area contributed by atoms with Gasteiger partial charge in [-0.15, -0.1) is 0 Å². The molecule has 0 unspecified atom stereocenters. The summed E-state index contributed by atoms with van der Waals surface area (Å²) in [6.07, 6.45) is 1.62. The highest BCUT2D eigenvalue weighted by Gasteiger charge is 2.10. The number of hydrogen-bond acceptors (Lipinski definition) is 5. The summed E-state index contributed by atoms with van der Waals surface area (Å²) in [6.45, 7) is 2.68. The Kier molecular flexibility index (Phi) is 1.78. The van der Waals surface area contributed by atoms with Gasteiger partial charge in [-0.25, -0.2) is 4.98 Å². The van der Waals surface area contributed by atoms with Crippen molar-refractivity contribution in [3.63, 3.8) is 0 Å². The van der Waals surface area contributed by atoms with Gasteiger partial charge in [0.05, 0.1) is 6.33 Å². The lowest BCUT2D eigenvalue weighted by molar-refractivity contribution is 0.784. The van der Waals surface area contributed by atoms with Crippen LogP contribution in [0.3, 0.4) is 0 Å². The zero-order valence-corrected chi connectivity index (χ0v) is 7.60. The molecule has 0 aromatic carbocycles. The Balaban J connectivity index is 2.87. The fraction of sp³-hybridized carbons (Fsp3) is 0.250. The summed E-state index contributed by atoms with van der Waals surface area (Å²) in [5.74, 6) is 0.0791. The van der Waals surface area contributed by atoms with E-state index in [-0.39, 0.29) is 11.6 Å². The zero-order valence-electron chi connectivity index (χ0n) is 7.60. The first-order chi connectivity index (χ1) is 6.76. The quantitative estimate of drug-likeness (QED) is 0.694. The van der Waals surface area contributed by atoms with Crippen molar-refractivity contribution in [2.75, 3.05) is 5.73 Å². The maximum absolute atomic E-state index is 8.86. The van der Waals surface area contributed by atoms with Gasteiger partial charge in [0, 0.05) is 6.54 Å². The monoisotopic (exact) mass is 188 g/mol. The molecular weight excluding hydrogens is 180 g/mol. The highest BCUT2D eigenvalue weighted by atomic mass is 15.1. The van der Waals surface area contributed by atoms with E-state index in [9.17, 15) is 0 Å². The molecule has 0 atom stereocenters. The molecule has 0 saturated heterocycles. The molecule has 0 saturated carbocycles. The van der Waals surface area contributed by atoms with Crippen LogP contribution in [-0.2, 0) is 6.54 Å². The molecule has 0 spiro atoms. The van der Waals surface area contributed by atoms with E-state index in [0.717, 1.165) is 6.54 Å². The molecule has 6 heteroatoms. The van der Waals surface area contributed by atoms with Gasteiger partial charge in [-0.05, 0) is 6.92 Å². The third kappa shape index (κ3) is 1.07. The molecule has 2 rings (SSSR count). The second kappa shape index (κ2) is 2.96. The molecule has 70 valence electrons. The number of nitriles is 1. The van der Waals surface area contributed by atoms with Crippen LogP contribution in [0.5, 0.6) is 0 Å². The van der Waals surface area contributed by atoms with Crippen LogP contribution in [0.15, 0.2) is 6.33 Å². The second-order valence-corrected chi connectivity index (χ2v) is 2.75. The van der Waals surface area contributed by atoms with E-state index in [1.165, 1.54) is 0 Å². The maximum Gasteiger partial charge on any atom is 0.223 e. The van der Waals surface area contributed by atoms with Crippen molar-refractivity contribution < 1.29 is 0 Å². The number of nitrogens with zero attached hydrogens (tertiary/aromatic N) is 5. The average molecular weight is 188 g/mol. The van der Waals surface area contributed by atoms with Gasteiger partial charge in [0.25, 0.3) is 0 Å². The largest absolute Gasteiger partial charge is 0.368 e. The number of nitrogens with two attached hydrogens (primary N) is 1. The lowest BCUT2D eigenvalue weighted by Crippen LogP contribution is -2.01. The minimum atomic E-state index is 0.0791. The summed E-state index contributed by atoms with van der Waals surface area (Å²) in [6, 6.07) is 1.98. The summed E-state index contributed by atoms with van der Waals surface area (Å²) >= 11 is 0.